The molecule has 8 heteroatoms. The van der Waals surface area contributed by atoms with Crippen LogP contribution in [0.3, 0.4) is 0 Å². The zero-order valence-electron chi connectivity index (χ0n) is 7.30. The van der Waals surface area contributed by atoms with Crippen molar-refractivity contribution in [1.82, 2.24) is 15.8 Å². The van der Waals surface area contributed by atoms with Crippen LogP contribution in [0.2, 0.25) is 0 Å². The van der Waals surface area contributed by atoms with E-state index in [1.807, 2.05) is 10.9 Å². The Balaban J connectivity index is 0. The summed E-state index contributed by atoms with van der Waals surface area (Å²) in [7, 11) is 3.38. The van der Waals surface area contributed by atoms with Gasteiger partial charge in [-0.1, -0.05) is 0 Å². The van der Waals surface area contributed by atoms with E-state index in [0.717, 1.165) is 6.41 Å². The first-order valence-electron chi connectivity index (χ1n) is 3.08. The van der Waals surface area contributed by atoms with E-state index in [1.165, 1.54) is 4.90 Å². The zero-order valence-corrected chi connectivity index (χ0v) is 7.30. The van der Waals surface area contributed by atoms with Gasteiger partial charge in [-0.2, -0.15) is 0 Å². The Labute approximate surface area is 74.9 Å². The van der Waals surface area contributed by atoms with E-state index in [9.17, 15) is 14.4 Å². The summed E-state index contributed by atoms with van der Waals surface area (Å²) < 4.78 is 0. The molecule has 74 valence electrons. The van der Waals surface area contributed by atoms with Crippen LogP contribution in [0.4, 0.5) is 0 Å². The molecule has 0 saturated carbocycles. The molecule has 0 atom stereocenters. The molecule has 13 heavy (non-hydrogen) atoms. The highest BCUT2D eigenvalue weighted by molar-refractivity contribution is 5.45. The molecule has 0 unspecified atom stereocenters. The summed E-state index contributed by atoms with van der Waals surface area (Å²) in [5.74, 6) is 0. The molecule has 0 aromatic heterocycles. The van der Waals surface area contributed by atoms with Crippen LogP contribution in [0.25, 0.3) is 0 Å². The highest BCUT2D eigenvalue weighted by Crippen LogP contribution is 1.53. The summed E-state index contributed by atoms with van der Waals surface area (Å²) in [6.45, 7) is 0. The number of nitrogens with one attached hydrogen (secondary N) is 2. The highest BCUT2D eigenvalue weighted by atomic mass is 16.1. The molecular formula is C5H11N5O3. The van der Waals surface area contributed by atoms with Crippen LogP contribution >= 0.6 is 0 Å². The largest absolute Gasteiger partial charge is 0.351 e. The predicted octanol–water partition coefficient (Wildman–Crippen LogP) is -1.53. The van der Waals surface area contributed by atoms with E-state index < -0.39 is 0 Å². The number of rotatable bonds is 5. The third-order valence-corrected chi connectivity index (χ3v) is 0.482. The third kappa shape index (κ3) is 25.6. The van der Waals surface area contributed by atoms with Crippen molar-refractivity contribution in [3.05, 3.63) is 0 Å². The lowest BCUT2D eigenvalue weighted by Crippen LogP contribution is -2.06. The Hall–Kier alpha value is -1.99. The Morgan fingerprint density at radius 1 is 1.00 bits per heavy atom. The maximum Gasteiger partial charge on any atom is 0.228 e. The lowest BCUT2D eigenvalue weighted by Gasteiger charge is -1.93. The summed E-state index contributed by atoms with van der Waals surface area (Å²) in [5.41, 5.74) is 3.68. The average molecular weight is 189 g/mol. The minimum Gasteiger partial charge on any atom is -0.351 e. The fraction of sp³-hybridized carbons (Fsp3) is 0.400. The molecule has 0 saturated heterocycles. The van der Waals surface area contributed by atoms with Gasteiger partial charge < -0.3 is 4.90 Å². The average Bonchev–Trinajstić information content (AvgIpc) is 2.14. The van der Waals surface area contributed by atoms with Crippen LogP contribution in [-0.2, 0) is 14.4 Å². The molecule has 0 bridgehead atoms. The molecule has 8 nitrogen and oxygen atoms in total. The molecule has 0 aliphatic heterocycles. The van der Waals surface area contributed by atoms with Crippen molar-refractivity contribution in [2.75, 3.05) is 14.1 Å². The lowest BCUT2D eigenvalue weighted by atomic mass is 11.0. The molecule has 0 aliphatic carbocycles. The number of hydrogen-bond acceptors (Lipinski definition) is 5. The molecule has 0 fully saturated rings. The van der Waals surface area contributed by atoms with Crippen molar-refractivity contribution in [3.63, 3.8) is 0 Å². The monoisotopic (exact) mass is 189 g/mol. The van der Waals surface area contributed by atoms with Crippen LogP contribution in [-0.4, -0.2) is 38.2 Å². The topological polar surface area (TPSA) is 103 Å². The zero-order chi connectivity index (χ0) is 10.5. The van der Waals surface area contributed by atoms with E-state index in [4.69, 9.17) is 0 Å². The number of carbonyl (C=O) groups excluding carboxylic acids is 3. The van der Waals surface area contributed by atoms with Crippen molar-refractivity contribution in [2.45, 2.75) is 0 Å². The van der Waals surface area contributed by atoms with Crippen LogP contribution in [0.1, 0.15) is 0 Å². The van der Waals surface area contributed by atoms with Crippen molar-refractivity contribution < 1.29 is 14.4 Å². The lowest BCUT2D eigenvalue weighted by molar-refractivity contribution is -0.116. The quantitative estimate of drug-likeness (QED) is 0.311. The maximum atomic E-state index is 9.43. The standard InChI is InChI=1S/C3H7NO.C2H4N4O2/c1-4(2)3-5;7-1-3-5-6-4-2-8/h3H,1-2H3;1-2H,(H,3,6,7)(H,4,5,8). The Morgan fingerprint density at radius 3 is 1.46 bits per heavy atom. The van der Waals surface area contributed by atoms with Crippen LogP contribution in [0, 0.1) is 0 Å². The first kappa shape index (κ1) is 13.6. The Kier molecular flexibility index (Phi) is 13.2. The summed E-state index contributed by atoms with van der Waals surface area (Å²) >= 11 is 0. The van der Waals surface area contributed by atoms with Gasteiger partial charge in [-0.15, -0.1) is 0 Å². The minimum absolute atomic E-state index is 0.329. The van der Waals surface area contributed by atoms with Crippen molar-refractivity contribution in [1.29, 1.82) is 0 Å². The van der Waals surface area contributed by atoms with Gasteiger partial charge in [-0.25, -0.2) is 10.9 Å². The summed E-state index contributed by atoms with van der Waals surface area (Å²) in [6.07, 6.45) is 1.41. The Morgan fingerprint density at radius 2 is 1.31 bits per heavy atom. The summed E-state index contributed by atoms with van der Waals surface area (Å²) in [4.78, 5) is 29.6. The Bertz CT molecular complexity index is 158. The van der Waals surface area contributed by atoms with Crippen LogP contribution < -0.4 is 10.9 Å². The van der Waals surface area contributed by atoms with E-state index in [-0.39, 0.29) is 0 Å². The van der Waals surface area contributed by atoms with Gasteiger partial charge in [-0.05, 0) is 10.4 Å². The second-order valence-corrected chi connectivity index (χ2v) is 1.76. The molecule has 0 aromatic rings. The van der Waals surface area contributed by atoms with Crippen LogP contribution in [0.15, 0.2) is 10.4 Å². The predicted molar refractivity (Wildman–Crippen MR) is 43.0 cm³/mol. The summed E-state index contributed by atoms with van der Waals surface area (Å²) in [6, 6.07) is 0. The van der Waals surface area contributed by atoms with Gasteiger partial charge in [0.1, 0.15) is 0 Å². The SMILES string of the molecule is CN(C)C=O.O=CNN=NNC=O. The molecule has 0 aliphatic rings. The van der Waals surface area contributed by atoms with E-state index in [1.54, 1.807) is 14.1 Å². The maximum absolute atomic E-state index is 9.43. The fourth-order valence-electron chi connectivity index (χ4n) is 0.105. The fourth-order valence-corrected chi connectivity index (χ4v) is 0.105. The number of nitrogens with zero attached hydrogens (tertiary/aromatic N) is 3. The molecule has 0 aromatic carbocycles. The number of carbonyl (C=O) groups is 3. The minimum atomic E-state index is 0.329. The molecule has 3 amide bonds. The molecule has 0 radical (unpaired) electrons. The molecule has 0 spiro atoms. The van der Waals surface area contributed by atoms with Gasteiger partial charge >= 0.3 is 0 Å². The van der Waals surface area contributed by atoms with Gasteiger partial charge in [0, 0.05) is 14.1 Å². The van der Waals surface area contributed by atoms with Gasteiger partial charge in [0.25, 0.3) is 0 Å². The first-order chi connectivity index (χ1) is 6.18. The van der Waals surface area contributed by atoms with E-state index in [2.05, 4.69) is 10.4 Å². The van der Waals surface area contributed by atoms with E-state index in [0.29, 0.717) is 12.8 Å². The highest BCUT2D eigenvalue weighted by Gasteiger charge is 1.68. The van der Waals surface area contributed by atoms with Crippen LogP contribution in [0.5, 0.6) is 0 Å². The molecule has 0 heterocycles. The number of hydrogen-bond donors (Lipinski definition) is 2. The van der Waals surface area contributed by atoms with E-state index >= 15 is 0 Å². The van der Waals surface area contributed by atoms with Gasteiger partial charge in [0.2, 0.25) is 19.2 Å². The number of amides is 3. The van der Waals surface area contributed by atoms with Gasteiger partial charge in [0.15, 0.2) is 0 Å². The van der Waals surface area contributed by atoms with Gasteiger partial charge in [-0.3, -0.25) is 14.4 Å². The summed E-state index contributed by atoms with van der Waals surface area (Å²) in [5, 5.41) is 5.89. The second-order valence-electron chi connectivity index (χ2n) is 1.76. The molecular weight excluding hydrogens is 178 g/mol. The normalized spacial score (nSPS) is 7.85. The van der Waals surface area contributed by atoms with Crippen molar-refractivity contribution >= 4 is 19.2 Å². The van der Waals surface area contributed by atoms with Gasteiger partial charge in [0.05, 0.1) is 0 Å². The molecule has 2 N–H and O–H groups in total. The second kappa shape index (κ2) is 12.7. The van der Waals surface area contributed by atoms with Crippen molar-refractivity contribution in [2.24, 2.45) is 10.4 Å². The first-order valence-corrected chi connectivity index (χ1v) is 3.08. The third-order valence-electron chi connectivity index (χ3n) is 0.482. The molecule has 0 rings (SSSR count). The van der Waals surface area contributed by atoms with Crippen molar-refractivity contribution in [3.8, 4) is 0 Å². The smallest absolute Gasteiger partial charge is 0.228 e.